The van der Waals surface area contributed by atoms with Crippen LogP contribution in [0.15, 0.2) is 255 Å². The zero-order valence-electron chi connectivity index (χ0n) is 35.3. The van der Waals surface area contributed by atoms with Crippen molar-refractivity contribution in [3.63, 3.8) is 0 Å². The zero-order chi connectivity index (χ0) is 42.4. The van der Waals surface area contributed by atoms with E-state index in [1.54, 1.807) is 0 Å². The molecule has 2 unspecified atom stereocenters. The van der Waals surface area contributed by atoms with E-state index in [0.717, 1.165) is 17.1 Å². The van der Waals surface area contributed by atoms with Crippen molar-refractivity contribution in [2.75, 3.05) is 9.80 Å². The molecule has 0 aromatic heterocycles. The summed E-state index contributed by atoms with van der Waals surface area (Å²) >= 11 is 0. The van der Waals surface area contributed by atoms with Gasteiger partial charge in [-0.05, 0) is 121 Å². The minimum atomic E-state index is 0.188. The highest BCUT2D eigenvalue weighted by Crippen LogP contribution is 2.52. The fourth-order valence-corrected chi connectivity index (χ4v) is 10.2. The molecule has 10 aromatic carbocycles. The van der Waals surface area contributed by atoms with Gasteiger partial charge in [-0.15, -0.1) is 0 Å². The zero-order valence-corrected chi connectivity index (χ0v) is 35.3. The maximum Gasteiger partial charge on any atom is 0.0629 e. The predicted octanol–water partition coefficient (Wildman–Crippen LogP) is 16.9. The summed E-state index contributed by atoms with van der Waals surface area (Å²) in [6.07, 6.45) is 9.12. The van der Waals surface area contributed by atoms with Crippen molar-refractivity contribution in [1.29, 1.82) is 0 Å². The average molecular weight is 817 g/mol. The van der Waals surface area contributed by atoms with E-state index in [9.17, 15) is 0 Å². The Hall–Kier alpha value is -8.20. The van der Waals surface area contributed by atoms with Gasteiger partial charge in [0.1, 0.15) is 0 Å². The highest BCUT2D eigenvalue weighted by Gasteiger charge is 2.38. The first-order valence-electron chi connectivity index (χ1n) is 22.3. The molecule has 0 fully saturated rings. The molecule has 0 radical (unpaired) electrons. The lowest BCUT2D eigenvalue weighted by atomic mass is 9.90. The van der Waals surface area contributed by atoms with Gasteiger partial charge in [0.05, 0.1) is 11.7 Å². The van der Waals surface area contributed by atoms with Crippen molar-refractivity contribution in [3.05, 3.63) is 260 Å². The summed E-state index contributed by atoms with van der Waals surface area (Å²) in [6.45, 7) is 0. The smallest absolute Gasteiger partial charge is 0.0629 e. The van der Waals surface area contributed by atoms with Gasteiger partial charge in [0.15, 0.2) is 0 Å². The standard InChI is InChI=1S/C62H44N2/c1-3-17-43(18-4-1)44-33-37-49(38-34-44)63(51-23-15-22-47(41-51)58-42-48-21-7-8-24-52(48)54-25-9-10-26-55(54)58)50-39-35-46(36-40-50)62-53(45-19-5-2-6-20-45)29-16-32-61(62)64-59-30-13-11-27-56(59)57-28-12-14-31-60(57)64/h1-42,56,59H. The lowest BCUT2D eigenvalue weighted by molar-refractivity contribution is 0.745. The Morgan fingerprint density at radius 2 is 0.922 bits per heavy atom. The molecule has 0 saturated carbocycles. The Kier molecular flexibility index (Phi) is 9.34. The third-order valence-electron chi connectivity index (χ3n) is 13.2. The van der Waals surface area contributed by atoms with Crippen molar-refractivity contribution in [3.8, 4) is 44.5 Å². The molecule has 10 aromatic rings. The summed E-state index contributed by atoms with van der Waals surface area (Å²) in [5, 5.41) is 5.03. The van der Waals surface area contributed by atoms with Crippen LogP contribution < -0.4 is 9.80 Å². The van der Waals surface area contributed by atoms with E-state index in [1.807, 2.05) is 0 Å². The van der Waals surface area contributed by atoms with Gasteiger partial charge in [0, 0.05) is 34.2 Å². The average Bonchev–Trinajstić information content (AvgIpc) is 3.71. The monoisotopic (exact) mass is 816 g/mol. The molecule has 12 rings (SSSR count). The van der Waals surface area contributed by atoms with Crippen molar-refractivity contribution < 1.29 is 0 Å². The lowest BCUT2D eigenvalue weighted by Gasteiger charge is -2.32. The lowest BCUT2D eigenvalue weighted by Crippen LogP contribution is -2.29. The molecule has 0 saturated heterocycles. The van der Waals surface area contributed by atoms with E-state index in [0.29, 0.717) is 5.92 Å². The van der Waals surface area contributed by atoms with E-state index in [-0.39, 0.29) is 6.04 Å². The van der Waals surface area contributed by atoms with E-state index in [2.05, 4.69) is 265 Å². The van der Waals surface area contributed by atoms with Gasteiger partial charge in [-0.2, -0.15) is 0 Å². The minimum absolute atomic E-state index is 0.188. The van der Waals surface area contributed by atoms with E-state index in [4.69, 9.17) is 0 Å². The Balaban J connectivity index is 1.01. The molecule has 0 spiro atoms. The molecule has 64 heavy (non-hydrogen) atoms. The molecule has 2 heteroatoms. The number of nitrogens with zero attached hydrogens (tertiary/aromatic N) is 2. The van der Waals surface area contributed by atoms with Gasteiger partial charge >= 0.3 is 0 Å². The number of fused-ring (bicyclic) bond motifs is 6. The SMILES string of the molecule is C1=CC2c3ccccc3N(c3cccc(-c4ccccc4)c3-c3ccc(N(c4ccc(-c5ccccc5)cc4)c4cccc(-c5cc6ccccc6c6ccccc56)c4)cc3)C2C=C1. The molecule has 2 aliphatic rings. The van der Waals surface area contributed by atoms with Gasteiger partial charge in [-0.3, -0.25) is 0 Å². The molecule has 302 valence electrons. The van der Waals surface area contributed by atoms with Crippen molar-refractivity contribution >= 4 is 50.0 Å². The van der Waals surface area contributed by atoms with Crippen LogP contribution in [0.3, 0.4) is 0 Å². The third kappa shape index (κ3) is 6.51. The first kappa shape index (κ1) is 37.6. The molecule has 1 aliphatic carbocycles. The highest BCUT2D eigenvalue weighted by molar-refractivity contribution is 6.14. The molecule has 0 amide bonds. The van der Waals surface area contributed by atoms with Crippen LogP contribution in [0.1, 0.15) is 11.5 Å². The van der Waals surface area contributed by atoms with Crippen molar-refractivity contribution in [1.82, 2.24) is 0 Å². The number of hydrogen-bond donors (Lipinski definition) is 0. The topological polar surface area (TPSA) is 6.48 Å². The number of para-hydroxylation sites is 1. The summed E-state index contributed by atoms with van der Waals surface area (Å²) in [7, 11) is 0. The van der Waals surface area contributed by atoms with E-state index in [1.165, 1.54) is 83.0 Å². The van der Waals surface area contributed by atoms with Crippen LogP contribution in [-0.4, -0.2) is 6.04 Å². The quantitative estimate of drug-likeness (QED) is 0.141. The second kappa shape index (κ2) is 15.9. The molecule has 1 heterocycles. The number of allylic oxidation sites excluding steroid dienone is 2. The van der Waals surface area contributed by atoms with Crippen LogP contribution >= 0.6 is 0 Å². The summed E-state index contributed by atoms with van der Waals surface area (Å²) in [4.78, 5) is 4.97. The van der Waals surface area contributed by atoms with Crippen LogP contribution in [0.25, 0.3) is 66.1 Å². The van der Waals surface area contributed by atoms with Crippen LogP contribution in [-0.2, 0) is 0 Å². The summed E-state index contributed by atoms with van der Waals surface area (Å²) in [6, 6.07) is 84.5. The maximum absolute atomic E-state index is 2.57. The summed E-state index contributed by atoms with van der Waals surface area (Å²) in [5.74, 6) is 0.294. The Bertz CT molecular complexity index is 3380. The fourth-order valence-electron chi connectivity index (χ4n) is 10.2. The fraction of sp³-hybridized carbons (Fsp3) is 0.0323. The van der Waals surface area contributed by atoms with Crippen molar-refractivity contribution in [2.24, 2.45) is 0 Å². The number of rotatable bonds is 8. The molecule has 0 bridgehead atoms. The van der Waals surface area contributed by atoms with Crippen LogP contribution in [0.5, 0.6) is 0 Å². The first-order chi connectivity index (χ1) is 31.8. The second-order valence-corrected chi connectivity index (χ2v) is 16.8. The molecular formula is C62H44N2. The largest absolute Gasteiger partial charge is 0.333 e. The van der Waals surface area contributed by atoms with Crippen LogP contribution in [0.2, 0.25) is 0 Å². The molecular weight excluding hydrogens is 773 g/mol. The molecule has 2 nitrogen and oxygen atoms in total. The van der Waals surface area contributed by atoms with Crippen LogP contribution in [0, 0.1) is 0 Å². The second-order valence-electron chi connectivity index (χ2n) is 16.8. The molecule has 2 atom stereocenters. The third-order valence-corrected chi connectivity index (χ3v) is 13.2. The number of anilines is 5. The van der Waals surface area contributed by atoms with Crippen molar-refractivity contribution in [2.45, 2.75) is 12.0 Å². The minimum Gasteiger partial charge on any atom is -0.333 e. The summed E-state index contributed by atoms with van der Waals surface area (Å²) in [5.41, 5.74) is 16.7. The Morgan fingerprint density at radius 1 is 0.344 bits per heavy atom. The first-order valence-corrected chi connectivity index (χ1v) is 22.3. The van der Waals surface area contributed by atoms with E-state index < -0.39 is 0 Å². The molecule has 0 N–H and O–H groups in total. The summed E-state index contributed by atoms with van der Waals surface area (Å²) < 4.78 is 0. The van der Waals surface area contributed by atoms with Gasteiger partial charge in [-0.1, -0.05) is 200 Å². The molecule has 1 aliphatic heterocycles. The van der Waals surface area contributed by atoms with E-state index >= 15 is 0 Å². The van der Waals surface area contributed by atoms with Gasteiger partial charge in [0.25, 0.3) is 0 Å². The maximum atomic E-state index is 2.57. The predicted molar refractivity (Wildman–Crippen MR) is 271 cm³/mol. The number of benzene rings is 10. The normalized spacial score (nSPS) is 15.0. The van der Waals surface area contributed by atoms with Crippen LogP contribution in [0.4, 0.5) is 28.4 Å². The van der Waals surface area contributed by atoms with Gasteiger partial charge in [0.2, 0.25) is 0 Å². The van der Waals surface area contributed by atoms with Gasteiger partial charge in [-0.25, -0.2) is 0 Å². The Morgan fingerprint density at radius 3 is 1.70 bits per heavy atom. The highest BCUT2D eigenvalue weighted by atomic mass is 15.2. The Labute approximate surface area is 375 Å². The van der Waals surface area contributed by atoms with Gasteiger partial charge < -0.3 is 9.80 Å². The number of hydrogen-bond acceptors (Lipinski definition) is 2.